The average Bonchev–Trinajstić information content (AvgIpc) is 3.48. The number of fused-ring (bicyclic) bond motifs is 4. The molecule has 7 aromatic carbocycles. The molecule has 1 aliphatic heterocycles. The number of hydrogen-bond acceptors (Lipinski definition) is 3. The van der Waals surface area contributed by atoms with Crippen LogP contribution in [0.2, 0.25) is 0 Å². The molecule has 1 aromatic heterocycles. The lowest BCUT2D eigenvalue weighted by Crippen LogP contribution is -2.18. The maximum absolute atomic E-state index is 9.43. The van der Waals surface area contributed by atoms with E-state index < -0.39 is 0 Å². The molecular formula is C40H24N4. The molecule has 204 valence electrons. The highest BCUT2D eigenvalue weighted by Crippen LogP contribution is 2.50. The summed E-state index contributed by atoms with van der Waals surface area (Å²) in [7, 11) is 0. The third kappa shape index (κ3) is 3.41. The second-order valence-corrected chi connectivity index (χ2v) is 11.1. The van der Waals surface area contributed by atoms with Crippen LogP contribution in [0.25, 0.3) is 60.8 Å². The predicted molar refractivity (Wildman–Crippen MR) is 180 cm³/mol. The number of benzene rings is 7. The van der Waals surface area contributed by atoms with Crippen LogP contribution < -0.4 is 4.90 Å². The van der Waals surface area contributed by atoms with Crippen LogP contribution in [0, 0.1) is 11.3 Å². The Bertz CT molecular complexity index is 2390. The summed E-state index contributed by atoms with van der Waals surface area (Å²) >= 11 is 0. The minimum absolute atomic E-state index is 0.654. The van der Waals surface area contributed by atoms with Gasteiger partial charge in [-0.1, -0.05) is 97.1 Å². The van der Waals surface area contributed by atoms with Crippen molar-refractivity contribution in [3.05, 3.63) is 151 Å². The Morgan fingerprint density at radius 1 is 0.500 bits per heavy atom. The van der Waals surface area contributed by atoms with Crippen LogP contribution in [0.1, 0.15) is 5.56 Å². The summed E-state index contributed by atoms with van der Waals surface area (Å²) in [5, 5.41) is 14.0. The Labute approximate surface area is 254 Å². The minimum Gasteiger partial charge on any atom is -0.306 e. The van der Waals surface area contributed by atoms with Gasteiger partial charge in [0.15, 0.2) is 0 Å². The molecule has 0 saturated carbocycles. The van der Waals surface area contributed by atoms with E-state index in [1.54, 1.807) is 0 Å². The molecule has 0 spiro atoms. The van der Waals surface area contributed by atoms with Gasteiger partial charge in [0.1, 0.15) is 5.82 Å². The van der Waals surface area contributed by atoms with Gasteiger partial charge < -0.3 is 4.90 Å². The van der Waals surface area contributed by atoms with E-state index in [2.05, 4.69) is 149 Å². The molecule has 0 amide bonds. The number of anilines is 3. The molecule has 9 rings (SSSR count). The van der Waals surface area contributed by atoms with E-state index in [0.29, 0.717) is 5.56 Å². The average molecular weight is 561 g/mol. The van der Waals surface area contributed by atoms with Gasteiger partial charge in [-0.25, -0.2) is 4.98 Å². The van der Waals surface area contributed by atoms with Gasteiger partial charge in [0.2, 0.25) is 0 Å². The van der Waals surface area contributed by atoms with Crippen LogP contribution in [0.15, 0.2) is 146 Å². The van der Waals surface area contributed by atoms with Gasteiger partial charge in [-0.05, 0) is 81.2 Å². The van der Waals surface area contributed by atoms with Crippen molar-refractivity contribution in [2.24, 2.45) is 0 Å². The summed E-state index contributed by atoms with van der Waals surface area (Å²) in [6.45, 7) is 0. The Hall–Kier alpha value is -6.18. The van der Waals surface area contributed by atoms with E-state index in [4.69, 9.17) is 4.98 Å². The van der Waals surface area contributed by atoms with Crippen LogP contribution in [-0.4, -0.2) is 9.55 Å². The first-order valence-electron chi connectivity index (χ1n) is 14.7. The topological polar surface area (TPSA) is 44.9 Å². The molecule has 0 radical (unpaired) electrons. The van der Waals surface area contributed by atoms with E-state index in [-0.39, 0.29) is 0 Å². The van der Waals surface area contributed by atoms with Crippen molar-refractivity contribution in [3.63, 3.8) is 0 Å². The fourth-order valence-electron chi connectivity index (χ4n) is 6.91. The fraction of sp³-hybridized carbons (Fsp3) is 0. The van der Waals surface area contributed by atoms with Crippen molar-refractivity contribution < 1.29 is 0 Å². The fourth-order valence-corrected chi connectivity index (χ4v) is 6.91. The molecule has 0 aliphatic carbocycles. The molecule has 0 atom stereocenters. The van der Waals surface area contributed by atoms with Crippen LogP contribution in [0.5, 0.6) is 0 Å². The van der Waals surface area contributed by atoms with Crippen molar-refractivity contribution in [2.45, 2.75) is 0 Å². The van der Waals surface area contributed by atoms with Crippen molar-refractivity contribution in [3.8, 4) is 34.3 Å². The number of imidazole rings is 1. The standard InChI is InChI=1S/C40H24N4/c41-25-26-21-23-27(24-22-26)37-29-13-4-6-15-31(29)38(32-16-7-5-14-30(32)37)40-42-33-17-10-20-36-39(33)44(40)35-19-9-8-18-34(35)43(36)28-11-2-1-3-12-28/h1-24H. The molecule has 0 saturated heterocycles. The summed E-state index contributed by atoms with van der Waals surface area (Å²) in [6.07, 6.45) is 0. The van der Waals surface area contributed by atoms with Crippen LogP contribution in [0.3, 0.4) is 0 Å². The normalized spacial score (nSPS) is 12.0. The maximum atomic E-state index is 9.43. The largest absolute Gasteiger partial charge is 0.306 e. The summed E-state index contributed by atoms with van der Waals surface area (Å²) in [4.78, 5) is 7.75. The second-order valence-electron chi connectivity index (χ2n) is 11.1. The Kier molecular flexibility index (Phi) is 5.23. The van der Waals surface area contributed by atoms with Crippen molar-refractivity contribution in [1.29, 1.82) is 5.26 Å². The first-order valence-corrected chi connectivity index (χ1v) is 14.7. The zero-order valence-electron chi connectivity index (χ0n) is 23.6. The van der Waals surface area contributed by atoms with Gasteiger partial charge in [-0.15, -0.1) is 0 Å². The molecule has 0 bridgehead atoms. The minimum atomic E-state index is 0.654. The molecule has 0 fully saturated rings. The highest BCUT2D eigenvalue weighted by atomic mass is 15.2. The maximum Gasteiger partial charge on any atom is 0.147 e. The zero-order chi connectivity index (χ0) is 29.2. The van der Waals surface area contributed by atoms with E-state index >= 15 is 0 Å². The van der Waals surface area contributed by atoms with Crippen molar-refractivity contribution in [2.75, 3.05) is 4.90 Å². The van der Waals surface area contributed by atoms with Crippen molar-refractivity contribution in [1.82, 2.24) is 9.55 Å². The third-order valence-corrected chi connectivity index (χ3v) is 8.73. The van der Waals surface area contributed by atoms with Gasteiger partial charge in [0.05, 0.1) is 39.7 Å². The molecule has 1 aliphatic rings. The first-order chi connectivity index (χ1) is 21.8. The lowest BCUT2D eigenvalue weighted by Gasteiger charge is -2.33. The SMILES string of the molecule is N#Cc1ccc(-c2c3ccccc3c(-c3nc4cccc5c4n3-c3ccccc3N5c3ccccc3)c3ccccc23)cc1. The number of nitrogens with zero attached hydrogens (tertiary/aromatic N) is 4. The van der Waals surface area contributed by atoms with Gasteiger partial charge in [-0.2, -0.15) is 5.26 Å². The number of rotatable bonds is 3. The van der Waals surface area contributed by atoms with E-state index in [0.717, 1.165) is 77.8 Å². The molecule has 0 N–H and O–H groups in total. The van der Waals surface area contributed by atoms with E-state index in [9.17, 15) is 5.26 Å². The molecular weight excluding hydrogens is 536 g/mol. The highest BCUT2D eigenvalue weighted by molar-refractivity contribution is 6.21. The van der Waals surface area contributed by atoms with Crippen LogP contribution in [-0.2, 0) is 0 Å². The summed E-state index contributed by atoms with van der Waals surface area (Å²) in [5.41, 5.74) is 10.5. The quantitative estimate of drug-likeness (QED) is 0.202. The predicted octanol–water partition coefficient (Wildman–Crippen LogP) is 10.3. The Morgan fingerprint density at radius 3 is 1.73 bits per heavy atom. The Balaban J connectivity index is 1.42. The summed E-state index contributed by atoms with van der Waals surface area (Å²) in [6, 6.07) is 53.0. The third-order valence-electron chi connectivity index (χ3n) is 8.73. The van der Waals surface area contributed by atoms with Crippen molar-refractivity contribution >= 4 is 49.6 Å². The molecule has 4 nitrogen and oxygen atoms in total. The molecule has 2 heterocycles. The summed E-state index contributed by atoms with van der Waals surface area (Å²) in [5.74, 6) is 0.923. The number of nitriles is 1. The molecule has 44 heavy (non-hydrogen) atoms. The monoisotopic (exact) mass is 560 g/mol. The lowest BCUT2D eigenvalue weighted by atomic mass is 9.88. The number of hydrogen-bond donors (Lipinski definition) is 0. The number of para-hydroxylation sites is 4. The first kappa shape index (κ1) is 24.4. The summed E-state index contributed by atoms with van der Waals surface area (Å²) < 4.78 is 2.36. The van der Waals surface area contributed by atoms with Gasteiger partial charge in [0, 0.05) is 11.3 Å². The molecule has 8 aromatic rings. The van der Waals surface area contributed by atoms with Crippen LogP contribution in [0.4, 0.5) is 17.1 Å². The van der Waals surface area contributed by atoms with Gasteiger partial charge >= 0.3 is 0 Å². The van der Waals surface area contributed by atoms with Gasteiger partial charge in [-0.3, -0.25) is 4.57 Å². The van der Waals surface area contributed by atoms with Crippen LogP contribution >= 0.6 is 0 Å². The second kappa shape index (κ2) is 9.42. The van der Waals surface area contributed by atoms with Gasteiger partial charge in [0.25, 0.3) is 0 Å². The van der Waals surface area contributed by atoms with E-state index in [1.807, 2.05) is 12.1 Å². The molecule has 0 unspecified atom stereocenters. The lowest BCUT2D eigenvalue weighted by molar-refractivity contribution is 1.07. The highest BCUT2D eigenvalue weighted by Gasteiger charge is 2.30. The molecule has 4 heteroatoms. The Morgan fingerprint density at radius 2 is 1.07 bits per heavy atom. The smallest absolute Gasteiger partial charge is 0.147 e. The zero-order valence-corrected chi connectivity index (χ0v) is 23.6. The number of aromatic nitrogens is 2. The van der Waals surface area contributed by atoms with E-state index in [1.165, 1.54) is 0 Å².